The molecule has 0 aliphatic carbocycles. The lowest BCUT2D eigenvalue weighted by Crippen LogP contribution is -2.29. The van der Waals surface area contributed by atoms with Gasteiger partial charge in [0.1, 0.15) is 23.8 Å². The van der Waals surface area contributed by atoms with Gasteiger partial charge in [0.15, 0.2) is 0 Å². The zero-order valence-electron chi connectivity index (χ0n) is 12.2. The second kappa shape index (κ2) is 6.24. The number of aliphatic hydroxyl groups is 1. The summed E-state index contributed by atoms with van der Waals surface area (Å²) in [6.07, 6.45) is 0. The van der Waals surface area contributed by atoms with Crippen LogP contribution in [-0.4, -0.2) is 11.7 Å². The molecule has 0 saturated carbocycles. The Morgan fingerprint density at radius 1 is 1.24 bits per heavy atom. The zero-order valence-corrected chi connectivity index (χ0v) is 12.2. The Kier molecular flexibility index (Phi) is 4.60. The minimum atomic E-state index is -1.16. The molecular formula is C17H20FNO2. The fraction of sp³-hybridized carbons (Fsp3) is 0.294. The van der Waals surface area contributed by atoms with E-state index in [0.717, 1.165) is 5.56 Å². The summed E-state index contributed by atoms with van der Waals surface area (Å²) in [5.41, 5.74) is 6.13. The molecule has 2 atom stereocenters. The van der Waals surface area contributed by atoms with Gasteiger partial charge in [-0.15, -0.1) is 0 Å². The van der Waals surface area contributed by atoms with E-state index in [2.05, 4.69) is 0 Å². The smallest absolute Gasteiger partial charge is 0.127 e. The normalized spacial score (nSPS) is 15.3. The summed E-state index contributed by atoms with van der Waals surface area (Å²) in [4.78, 5) is 0. The summed E-state index contributed by atoms with van der Waals surface area (Å²) in [5.74, 6) is -0.0324. The maximum atomic E-state index is 13.4. The third kappa shape index (κ3) is 3.80. The van der Waals surface area contributed by atoms with Crippen molar-refractivity contribution < 1.29 is 14.2 Å². The van der Waals surface area contributed by atoms with Gasteiger partial charge in [-0.2, -0.15) is 0 Å². The molecule has 2 aromatic carbocycles. The first-order valence-corrected chi connectivity index (χ1v) is 6.86. The van der Waals surface area contributed by atoms with E-state index in [1.807, 2.05) is 30.3 Å². The molecule has 0 aliphatic rings. The lowest BCUT2D eigenvalue weighted by Gasteiger charge is -2.25. The number of benzene rings is 2. The molecule has 0 radical (unpaired) electrons. The van der Waals surface area contributed by atoms with Crippen LogP contribution in [0.3, 0.4) is 0 Å². The van der Waals surface area contributed by atoms with Crippen LogP contribution in [0.2, 0.25) is 0 Å². The van der Waals surface area contributed by atoms with Crippen molar-refractivity contribution >= 4 is 0 Å². The number of hydrogen-bond donors (Lipinski definition) is 2. The molecule has 1 unspecified atom stereocenters. The third-order valence-corrected chi connectivity index (χ3v) is 3.37. The highest BCUT2D eigenvalue weighted by Crippen LogP contribution is 2.27. The number of hydrogen-bond acceptors (Lipinski definition) is 3. The van der Waals surface area contributed by atoms with Gasteiger partial charge in [0, 0.05) is 17.7 Å². The van der Waals surface area contributed by atoms with Gasteiger partial charge in [-0.05, 0) is 25.5 Å². The summed E-state index contributed by atoms with van der Waals surface area (Å²) in [6, 6.07) is 13.2. The number of nitrogens with two attached hydrogens (primary N) is 1. The quantitative estimate of drug-likeness (QED) is 0.889. The molecule has 0 spiro atoms. The van der Waals surface area contributed by atoms with Crippen LogP contribution in [0.4, 0.5) is 4.39 Å². The molecule has 2 aromatic rings. The van der Waals surface area contributed by atoms with Crippen LogP contribution in [0.25, 0.3) is 0 Å². The largest absolute Gasteiger partial charge is 0.490 e. The monoisotopic (exact) mass is 289 g/mol. The SMILES string of the molecule is C[C@H](N)c1ccc(F)cc1OCC(C)(O)c1ccccc1. The van der Waals surface area contributed by atoms with Gasteiger partial charge in [-0.3, -0.25) is 0 Å². The average Bonchev–Trinajstić information content (AvgIpc) is 2.46. The highest BCUT2D eigenvalue weighted by Gasteiger charge is 2.24. The van der Waals surface area contributed by atoms with Crippen LogP contribution in [0.15, 0.2) is 48.5 Å². The molecule has 112 valence electrons. The lowest BCUT2D eigenvalue weighted by atomic mass is 9.97. The molecule has 3 nitrogen and oxygen atoms in total. The van der Waals surface area contributed by atoms with Crippen LogP contribution < -0.4 is 10.5 Å². The van der Waals surface area contributed by atoms with E-state index in [-0.39, 0.29) is 12.6 Å². The Bertz CT molecular complexity index is 597. The number of rotatable bonds is 5. The Balaban J connectivity index is 2.18. The summed E-state index contributed by atoms with van der Waals surface area (Å²) in [5, 5.41) is 10.5. The summed E-state index contributed by atoms with van der Waals surface area (Å²) in [6.45, 7) is 3.48. The molecule has 21 heavy (non-hydrogen) atoms. The van der Waals surface area contributed by atoms with Crippen LogP contribution in [-0.2, 0) is 5.60 Å². The van der Waals surface area contributed by atoms with Gasteiger partial charge in [0.05, 0.1) is 0 Å². The Morgan fingerprint density at radius 3 is 2.52 bits per heavy atom. The van der Waals surface area contributed by atoms with E-state index >= 15 is 0 Å². The molecule has 0 heterocycles. The number of ether oxygens (including phenoxy) is 1. The molecule has 0 aromatic heterocycles. The van der Waals surface area contributed by atoms with Crippen LogP contribution in [0.5, 0.6) is 5.75 Å². The molecule has 0 saturated heterocycles. The average molecular weight is 289 g/mol. The lowest BCUT2D eigenvalue weighted by molar-refractivity contribution is 0.00711. The van der Waals surface area contributed by atoms with Crippen molar-refractivity contribution in [2.75, 3.05) is 6.61 Å². The predicted octanol–water partition coefficient (Wildman–Crippen LogP) is 3.13. The van der Waals surface area contributed by atoms with Crippen LogP contribution >= 0.6 is 0 Å². The standard InChI is InChI=1S/C17H20FNO2/c1-12(19)15-9-8-14(18)10-16(15)21-11-17(2,20)13-6-4-3-5-7-13/h3-10,12,20H,11,19H2,1-2H3/t12-,17?/m0/s1. The molecule has 4 heteroatoms. The van der Waals surface area contributed by atoms with Crippen molar-refractivity contribution in [2.24, 2.45) is 5.73 Å². The van der Waals surface area contributed by atoms with Crippen molar-refractivity contribution in [3.8, 4) is 5.75 Å². The van der Waals surface area contributed by atoms with E-state index in [9.17, 15) is 9.50 Å². The fourth-order valence-electron chi connectivity index (χ4n) is 2.11. The van der Waals surface area contributed by atoms with E-state index in [0.29, 0.717) is 11.3 Å². The molecule has 3 N–H and O–H groups in total. The summed E-state index contributed by atoms with van der Waals surface area (Å²) < 4.78 is 19.0. The van der Waals surface area contributed by atoms with Crippen molar-refractivity contribution in [3.63, 3.8) is 0 Å². The molecule has 2 rings (SSSR count). The number of halogens is 1. The molecular weight excluding hydrogens is 269 g/mol. The van der Waals surface area contributed by atoms with Gasteiger partial charge >= 0.3 is 0 Å². The highest BCUT2D eigenvalue weighted by molar-refractivity contribution is 5.36. The first-order valence-electron chi connectivity index (χ1n) is 6.86. The minimum Gasteiger partial charge on any atom is -0.490 e. The van der Waals surface area contributed by atoms with Crippen molar-refractivity contribution in [2.45, 2.75) is 25.5 Å². The molecule has 0 amide bonds. The predicted molar refractivity (Wildman–Crippen MR) is 80.5 cm³/mol. The van der Waals surface area contributed by atoms with E-state index < -0.39 is 11.4 Å². The van der Waals surface area contributed by atoms with Gasteiger partial charge in [0.25, 0.3) is 0 Å². The first-order chi connectivity index (χ1) is 9.90. The van der Waals surface area contributed by atoms with Crippen LogP contribution in [0.1, 0.15) is 31.0 Å². The van der Waals surface area contributed by atoms with Crippen molar-refractivity contribution in [1.82, 2.24) is 0 Å². The van der Waals surface area contributed by atoms with E-state index in [1.165, 1.54) is 12.1 Å². The maximum absolute atomic E-state index is 13.4. The van der Waals surface area contributed by atoms with Crippen molar-refractivity contribution in [3.05, 3.63) is 65.5 Å². The highest BCUT2D eigenvalue weighted by atomic mass is 19.1. The van der Waals surface area contributed by atoms with E-state index in [4.69, 9.17) is 10.5 Å². The second-order valence-electron chi connectivity index (χ2n) is 5.40. The van der Waals surface area contributed by atoms with E-state index in [1.54, 1.807) is 19.9 Å². The zero-order chi connectivity index (χ0) is 15.5. The topological polar surface area (TPSA) is 55.5 Å². The molecule has 0 aliphatic heterocycles. The third-order valence-electron chi connectivity index (χ3n) is 3.37. The molecule has 0 bridgehead atoms. The van der Waals surface area contributed by atoms with Crippen molar-refractivity contribution in [1.29, 1.82) is 0 Å². The summed E-state index contributed by atoms with van der Waals surface area (Å²) in [7, 11) is 0. The fourth-order valence-corrected chi connectivity index (χ4v) is 2.11. The van der Waals surface area contributed by atoms with Gasteiger partial charge in [-0.25, -0.2) is 4.39 Å². The second-order valence-corrected chi connectivity index (χ2v) is 5.40. The molecule has 0 fully saturated rings. The van der Waals surface area contributed by atoms with Crippen LogP contribution in [0, 0.1) is 5.82 Å². The Morgan fingerprint density at radius 2 is 1.90 bits per heavy atom. The maximum Gasteiger partial charge on any atom is 0.127 e. The van der Waals surface area contributed by atoms with Gasteiger partial charge < -0.3 is 15.6 Å². The minimum absolute atomic E-state index is 0.0141. The summed E-state index contributed by atoms with van der Waals surface area (Å²) >= 11 is 0. The Labute approximate surface area is 124 Å². The Hall–Kier alpha value is -1.91. The first kappa shape index (κ1) is 15.5. The van der Waals surface area contributed by atoms with Gasteiger partial charge in [0.2, 0.25) is 0 Å². The van der Waals surface area contributed by atoms with Gasteiger partial charge in [-0.1, -0.05) is 36.4 Å².